The summed E-state index contributed by atoms with van der Waals surface area (Å²) >= 11 is 0. The van der Waals surface area contributed by atoms with E-state index in [1.807, 2.05) is 0 Å². The largest absolute Gasteiger partial charge is 0.380 e. The number of hydrogen-bond donors (Lipinski definition) is 2. The van der Waals surface area contributed by atoms with E-state index >= 15 is 0 Å². The van der Waals surface area contributed by atoms with Crippen molar-refractivity contribution in [2.24, 2.45) is 11.1 Å². The van der Waals surface area contributed by atoms with Crippen molar-refractivity contribution in [1.29, 1.82) is 0 Å². The second-order valence-corrected chi connectivity index (χ2v) is 5.44. The standard InChI is InChI=1S/C12H26N2O/c1-4-11(2,8-13)9-14-12(3)6-5-7-15-10-12/h14H,4-10,13H2,1-3H3. The zero-order valence-corrected chi connectivity index (χ0v) is 10.4. The zero-order valence-electron chi connectivity index (χ0n) is 10.4. The molecule has 90 valence electrons. The molecule has 0 aromatic rings. The molecule has 2 unspecified atom stereocenters. The van der Waals surface area contributed by atoms with Crippen LogP contribution in [0.2, 0.25) is 0 Å². The third-order valence-corrected chi connectivity index (χ3v) is 3.73. The molecule has 15 heavy (non-hydrogen) atoms. The van der Waals surface area contributed by atoms with Crippen molar-refractivity contribution >= 4 is 0 Å². The predicted molar refractivity (Wildman–Crippen MR) is 63.9 cm³/mol. The Labute approximate surface area is 93.8 Å². The minimum absolute atomic E-state index is 0.157. The monoisotopic (exact) mass is 214 g/mol. The Morgan fingerprint density at radius 2 is 2.27 bits per heavy atom. The maximum absolute atomic E-state index is 5.81. The van der Waals surface area contributed by atoms with Crippen molar-refractivity contribution in [3.8, 4) is 0 Å². The molecule has 3 N–H and O–H groups in total. The minimum atomic E-state index is 0.157. The summed E-state index contributed by atoms with van der Waals surface area (Å²) in [4.78, 5) is 0. The lowest BCUT2D eigenvalue weighted by atomic mass is 9.85. The van der Waals surface area contributed by atoms with Gasteiger partial charge in [-0.25, -0.2) is 0 Å². The summed E-state index contributed by atoms with van der Waals surface area (Å²) < 4.78 is 5.52. The van der Waals surface area contributed by atoms with Gasteiger partial charge in [-0.15, -0.1) is 0 Å². The third-order valence-electron chi connectivity index (χ3n) is 3.73. The van der Waals surface area contributed by atoms with Crippen LogP contribution in [0.25, 0.3) is 0 Å². The zero-order chi connectivity index (χ0) is 11.4. The SMILES string of the molecule is CCC(C)(CN)CNC1(C)CCCOC1. The predicted octanol–water partition coefficient (Wildman–Crippen LogP) is 1.52. The van der Waals surface area contributed by atoms with Crippen LogP contribution in [0.5, 0.6) is 0 Å². The fraction of sp³-hybridized carbons (Fsp3) is 1.00. The highest BCUT2D eigenvalue weighted by Crippen LogP contribution is 2.22. The van der Waals surface area contributed by atoms with Gasteiger partial charge in [-0.05, 0) is 38.1 Å². The molecule has 0 radical (unpaired) electrons. The van der Waals surface area contributed by atoms with E-state index in [4.69, 9.17) is 10.5 Å². The van der Waals surface area contributed by atoms with E-state index < -0.39 is 0 Å². The van der Waals surface area contributed by atoms with Crippen LogP contribution in [0.4, 0.5) is 0 Å². The van der Waals surface area contributed by atoms with Crippen molar-refractivity contribution in [2.45, 2.75) is 45.6 Å². The second kappa shape index (κ2) is 5.28. The first-order valence-corrected chi connectivity index (χ1v) is 6.06. The van der Waals surface area contributed by atoms with Gasteiger partial charge >= 0.3 is 0 Å². The van der Waals surface area contributed by atoms with E-state index in [0.717, 1.165) is 39.1 Å². The molecule has 0 bridgehead atoms. The van der Waals surface area contributed by atoms with Crippen LogP contribution in [0.15, 0.2) is 0 Å². The minimum Gasteiger partial charge on any atom is -0.380 e. The average Bonchev–Trinajstić information content (AvgIpc) is 2.27. The molecule has 3 heteroatoms. The topological polar surface area (TPSA) is 47.3 Å². The van der Waals surface area contributed by atoms with Gasteiger partial charge in [0.25, 0.3) is 0 Å². The molecule has 3 nitrogen and oxygen atoms in total. The highest BCUT2D eigenvalue weighted by Gasteiger charge is 2.30. The van der Waals surface area contributed by atoms with E-state index in [2.05, 4.69) is 26.1 Å². The first kappa shape index (κ1) is 12.9. The molecule has 1 rings (SSSR count). The molecule has 1 fully saturated rings. The molecular formula is C12H26N2O. The normalized spacial score (nSPS) is 31.2. The van der Waals surface area contributed by atoms with E-state index in [1.165, 1.54) is 6.42 Å². The molecule has 1 saturated heterocycles. The molecule has 1 heterocycles. The Morgan fingerprint density at radius 3 is 2.73 bits per heavy atom. The molecular weight excluding hydrogens is 188 g/mol. The average molecular weight is 214 g/mol. The van der Waals surface area contributed by atoms with Crippen LogP contribution < -0.4 is 11.1 Å². The van der Waals surface area contributed by atoms with Gasteiger partial charge in [-0.1, -0.05) is 13.8 Å². The first-order chi connectivity index (χ1) is 7.04. The van der Waals surface area contributed by atoms with Crippen LogP contribution in [0, 0.1) is 5.41 Å². The van der Waals surface area contributed by atoms with E-state index in [-0.39, 0.29) is 11.0 Å². The first-order valence-electron chi connectivity index (χ1n) is 6.06. The van der Waals surface area contributed by atoms with Gasteiger partial charge in [0.15, 0.2) is 0 Å². The smallest absolute Gasteiger partial charge is 0.0645 e. The quantitative estimate of drug-likeness (QED) is 0.729. The molecule has 2 atom stereocenters. The Balaban J connectivity index is 2.40. The maximum atomic E-state index is 5.81. The molecule has 0 spiro atoms. The lowest BCUT2D eigenvalue weighted by molar-refractivity contribution is 0.0237. The molecule has 1 aliphatic heterocycles. The molecule has 0 saturated carbocycles. The van der Waals surface area contributed by atoms with Gasteiger partial charge in [-0.2, -0.15) is 0 Å². The van der Waals surface area contributed by atoms with Crippen LogP contribution >= 0.6 is 0 Å². The Bertz CT molecular complexity index is 184. The lowest BCUT2D eigenvalue weighted by Crippen LogP contribution is -2.53. The number of hydrogen-bond acceptors (Lipinski definition) is 3. The maximum Gasteiger partial charge on any atom is 0.0645 e. The Kier molecular flexibility index (Phi) is 4.56. The lowest BCUT2D eigenvalue weighted by Gasteiger charge is -2.38. The number of ether oxygens (including phenoxy) is 1. The number of nitrogens with two attached hydrogens (primary N) is 1. The van der Waals surface area contributed by atoms with Crippen molar-refractivity contribution in [1.82, 2.24) is 5.32 Å². The van der Waals surface area contributed by atoms with Gasteiger partial charge in [-0.3, -0.25) is 0 Å². The summed E-state index contributed by atoms with van der Waals surface area (Å²) in [5, 5.41) is 3.64. The van der Waals surface area contributed by atoms with Gasteiger partial charge in [0, 0.05) is 18.7 Å². The fourth-order valence-corrected chi connectivity index (χ4v) is 1.84. The highest BCUT2D eigenvalue weighted by atomic mass is 16.5. The van der Waals surface area contributed by atoms with Gasteiger partial charge in [0.2, 0.25) is 0 Å². The molecule has 0 aromatic carbocycles. The van der Waals surface area contributed by atoms with Gasteiger partial charge in [0.1, 0.15) is 0 Å². The van der Waals surface area contributed by atoms with Crippen LogP contribution in [0.3, 0.4) is 0 Å². The summed E-state index contributed by atoms with van der Waals surface area (Å²) in [6, 6.07) is 0. The third kappa shape index (κ3) is 3.74. The summed E-state index contributed by atoms with van der Waals surface area (Å²) in [6.45, 7) is 10.2. The fourth-order valence-electron chi connectivity index (χ4n) is 1.84. The van der Waals surface area contributed by atoms with E-state index in [9.17, 15) is 0 Å². The van der Waals surface area contributed by atoms with Crippen molar-refractivity contribution in [3.63, 3.8) is 0 Å². The van der Waals surface area contributed by atoms with E-state index in [0.29, 0.717) is 0 Å². The Morgan fingerprint density at radius 1 is 1.53 bits per heavy atom. The van der Waals surface area contributed by atoms with Crippen molar-refractivity contribution in [2.75, 3.05) is 26.3 Å². The number of nitrogens with one attached hydrogen (secondary N) is 1. The molecule has 1 aliphatic rings. The number of rotatable bonds is 5. The van der Waals surface area contributed by atoms with Crippen LogP contribution in [0.1, 0.15) is 40.0 Å². The molecule has 0 aliphatic carbocycles. The molecule has 0 aromatic heterocycles. The van der Waals surface area contributed by atoms with Crippen molar-refractivity contribution < 1.29 is 4.74 Å². The summed E-state index contributed by atoms with van der Waals surface area (Å²) in [5.74, 6) is 0. The van der Waals surface area contributed by atoms with Gasteiger partial charge in [0.05, 0.1) is 6.61 Å². The van der Waals surface area contributed by atoms with Crippen LogP contribution in [-0.4, -0.2) is 31.8 Å². The summed E-state index contributed by atoms with van der Waals surface area (Å²) in [6.07, 6.45) is 3.49. The highest BCUT2D eigenvalue weighted by molar-refractivity contribution is 4.88. The summed E-state index contributed by atoms with van der Waals surface area (Å²) in [5.41, 5.74) is 6.18. The second-order valence-electron chi connectivity index (χ2n) is 5.44. The summed E-state index contributed by atoms with van der Waals surface area (Å²) in [7, 11) is 0. The van der Waals surface area contributed by atoms with Gasteiger partial charge < -0.3 is 15.8 Å². The van der Waals surface area contributed by atoms with Crippen molar-refractivity contribution in [3.05, 3.63) is 0 Å². The molecule has 0 amide bonds. The van der Waals surface area contributed by atoms with Crippen LogP contribution in [-0.2, 0) is 4.74 Å². The van der Waals surface area contributed by atoms with E-state index in [1.54, 1.807) is 0 Å². The Hall–Kier alpha value is -0.120.